The molecule has 4 rings (SSSR count). The molecule has 7 nitrogen and oxygen atoms in total. The maximum absolute atomic E-state index is 13.8. The van der Waals surface area contributed by atoms with Crippen molar-refractivity contribution in [2.24, 2.45) is 11.8 Å². The van der Waals surface area contributed by atoms with Crippen molar-refractivity contribution in [1.29, 1.82) is 0 Å². The van der Waals surface area contributed by atoms with Crippen LogP contribution in [0.2, 0.25) is 0 Å². The van der Waals surface area contributed by atoms with Gasteiger partial charge in [-0.15, -0.1) is 11.3 Å². The Labute approximate surface area is 218 Å². The van der Waals surface area contributed by atoms with Crippen LogP contribution in [0.15, 0.2) is 36.4 Å². The van der Waals surface area contributed by atoms with Gasteiger partial charge in [-0.05, 0) is 43.2 Å². The van der Waals surface area contributed by atoms with Crippen LogP contribution in [0.1, 0.15) is 56.1 Å². The van der Waals surface area contributed by atoms with Crippen molar-refractivity contribution < 1.29 is 23.9 Å². The first-order chi connectivity index (χ1) is 17.5. The van der Waals surface area contributed by atoms with E-state index in [4.69, 9.17) is 9.47 Å². The smallest absolute Gasteiger partial charge is 0.350 e. The van der Waals surface area contributed by atoms with Gasteiger partial charge in [0.15, 0.2) is 0 Å². The molecule has 1 aliphatic heterocycles. The quantitative estimate of drug-likeness (QED) is 0.493. The first-order valence-corrected chi connectivity index (χ1v) is 13.7. The lowest BCUT2D eigenvalue weighted by atomic mass is 9.82. The molecule has 2 amide bonds. The van der Waals surface area contributed by atoms with E-state index >= 15 is 0 Å². The molecule has 0 radical (unpaired) electrons. The number of ether oxygens (including phenoxy) is 2. The SMILES string of the molecule is CC.COC(=O)c1sc(-c2ccccc2)cc1N(CC(=O)N1CCOCC1)C(=O)C1CCC(C)CC1. The number of benzene rings is 1. The van der Waals surface area contributed by atoms with Crippen LogP contribution in [-0.2, 0) is 19.1 Å². The fourth-order valence-corrected chi connectivity index (χ4v) is 5.71. The monoisotopic (exact) mass is 514 g/mol. The number of amides is 2. The van der Waals surface area contributed by atoms with Crippen molar-refractivity contribution in [3.8, 4) is 10.4 Å². The zero-order valence-electron chi connectivity index (χ0n) is 21.8. The number of hydrogen-bond acceptors (Lipinski definition) is 6. The van der Waals surface area contributed by atoms with Gasteiger partial charge in [-0.3, -0.25) is 9.59 Å². The molecule has 1 aromatic heterocycles. The minimum Gasteiger partial charge on any atom is -0.465 e. The molecular weight excluding hydrogens is 476 g/mol. The average Bonchev–Trinajstić information content (AvgIpc) is 3.38. The maximum Gasteiger partial charge on any atom is 0.350 e. The van der Waals surface area contributed by atoms with E-state index in [1.165, 1.54) is 23.3 Å². The summed E-state index contributed by atoms with van der Waals surface area (Å²) in [4.78, 5) is 44.2. The number of hydrogen-bond donors (Lipinski definition) is 0. The number of morpholine rings is 1. The van der Waals surface area contributed by atoms with E-state index in [9.17, 15) is 14.4 Å². The molecule has 2 heterocycles. The van der Waals surface area contributed by atoms with Gasteiger partial charge < -0.3 is 19.3 Å². The molecule has 2 aliphatic rings. The topological polar surface area (TPSA) is 76.2 Å². The summed E-state index contributed by atoms with van der Waals surface area (Å²) < 4.78 is 10.4. The van der Waals surface area contributed by atoms with Crippen LogP contribution in [-0.4, -0.2) is 62.6 Å². The van der Waals surface area contributed by atoms with E-state index in [2.05, 4.69) is 6.92 Å². The average molecular weight is 515 g/mol. The van der Waals surface area contributed by atoms with Crippen molar-refractivity contribution in [1.82, 2.24) is 4.90 Å². The second-order valence-corrected chi connectivity index (χ2v) is 10.1. The van der Waals surface area contributed by atoms with Gasteiger partial charge in [0.05, 0.1) is 26.0 Å². The van der Waals surface area contributed by atoms with Crippen LogP contribution in [0.5, 0.6) is 0 Å². The number of rotatable bonds is 6. The van der Waals surface area contributed by atoms with Gasteiger partial charge in [0, 0.05) is 23.9 Å². The Bertz CT molecular complexity index is 1010. The second kappa shape index (κ2) is 13.6. The molecule has 36 heavy (non-hydrogen) atoms. The molecule has 1 aromatic carbocycles. The third-order valence-electron chi connectivity index (χ3n) is 6.72. The van der Waals surface area contributed by atoms with Crippen molar-refractivity contribution in [2.75, 3.05) is 44.9 Å². The van der Waals surface area contributed by atoms with Crippen LogP contribution in [0, 0.1) is 11.8 Å². The zero-order chi connectivity index (χ0) is 26.1. The Balaban J connectivity index is 0.00000176. The van der Waals surface area contributed by atoms with E-state index in [1.54, 1.807) is 4.90 Å². The third kappa shape index (κ3) is 6.73. The van der Waals surface area contributed by atoms with Crippen LogP contribution < -0.4 is 4.90 Å². The fourth-order valence-electron chi connectivity index (χ4n) is 4.62. The highest BCUT2D eigenvalue weighted by atomic mass is 32.1. The van der Waals surface area contributed by atoms with E-state index < -0.39 is 5.97 Å². The summed E-state index contributed by atoms with van der Waals surface area (Å²) in [7, 11) is 1.33. The second-order valence-electron chi connectivity index (χ2n) is 9.06. The van der Waals surface area contributed by atoms with Gasteiger partial charge in [-0.2, -0.15) is 0 Å². The predicted molar refractivity (Wildman–Crippen MR) is 143 cm³/mol. The minimum atomic E-state index is -0.504. The number of esters is 1. The lowest BCUT2D eigenvalue weighted by molar-refractivity contribution is -0.135. The normalized spacial score (nSPS) is 19.6. The zero-order valence-corrected chi connectivity index (χ0v) is 22.6. The predicted octanol–water partition coefficient (Wildman–Crippen LogP) is 5.25. The summed E-state index contributed by atoms with van der Waals surface area (Å²) in [5, 5.41) is 0. The van der Waals surface area contributed by atoms with Crippen LogP contribution in [0.4, 0.5) is 5.69 Å². The maximum atomic E-state index is 13.8. The van der Waals surface area contributed by atoms with Gasteiger partial charge in [-0.1, -0.05) is 51.1 Å². The molecule has 0 bridgehead atoms. The van der Waals surface area contributed by atoms with Gasteiger partial charge in [0.25, 0.3) is 0 Å². The molecular formula is C28H38N2O5S. The molecule has 1 saturated heterocycles. The Hall–Kier alpha value is -2.71. The summed E-state index contributed by atoms with van der Waals surface area (Å²) in [6, 6.07) is 11.6. The molecule has 1 saturated carbocycles. The number of carbonyl (C=O) groups is 3. The first-order valence-electron chi connectivity index (χ1n) is 12.9. The first kappa shape index (κ1) is 27.9. The number of carbonyl (C=O) groups excluding carboxylic acids is 3. The number of nitrogens with zero attached hydrogens (tertiary/aromatic N) is 2. The van der Waals surface area contributed by atoms with E-state index in [0.29, 0.717) is 42.8 Å². The molecule has 0 N–H and O–H groups in total. The highest BCUT2D eigenvalue weighted by Crippen LogP contribution is 2.39. The Kier molecular flexibility index (Phi) is 10.5. The van der Waals surface area contributed by atoms with Gasteiger partial charge in [0.2, 0.25) is 11.8 Å². The molecule has 2 aromatic rings. The molecule has 8 heteroatoms. The summed E-state index contributed by atoms with van der Waals surface area (Å²) >= 11 is 1.29. The number of anilines is 1. The van der Waals surface area contributed by atoms with Crippen molar-refractivity contribution in [2.45, 2.75) is 46.5 Å². The van der Waals surface area contributed by atoms with Crippen LogP contribution in [0.25, 0.3) is 10.4 Å². The Morgan fingerprint density at radius 3 is 2.31 bits per heavy atom. The van der Waals surface area contributed by atoms with E-state index in [-0.39, 0.29) is 24.3 Å². The van der Waals surface area contributed by atoms with Gasteiger partial charge in [0.1, 0.15) is 11.4 Å². The molecule has 1 aliphatic carbocycles. The Morgan fingerprint density at radius 1 is 1.06 bits per heavy atom. The lowest BCUT2D eigenvalue weighted by Gasteiger charge is -2.33. The highest BCUT2D eigenvalue weighted by Gasteiger charge is 2.34. The van der Waals surface area contributed by atoms with Crippen molar-refractivity contribution >= 4 is 34.8 Å². The van der Waals surface area contributed by atoms with E-state index in [1.807, 2.05) is 50.2 Å². The summed E-state index contributed by atoms with van der Waals surface area (Å²) in [5.41, 5.74) is 1.41. The molecule has 0 unspecified atom stereocenters. The minimum absolute atomic E-state index is 0.0870. The summed E-state index contributed by atoms with van der Waals surface area (Å²) in [6.45, 7) is 8.10. The van der Waals surface area contributed by atoms with Crippen LogP contribution in [0.3, 0.4) is 0 Å². The van der Waals surface area contributed by atoms with Crippen molar-refractivity contribution in [3.63, 3.8) is 0 Å². The van der Waals surface area contributed by atoms with Crippen molar-refractivity contribution in [3.05, 3.63) is 41.3 Å². The highest BCUT2D eigenvalue weighted by molar-refractivity contribution is 7.18. The summed E-state index contributed by atoms with van der Waals surface area (Å²) in [5.74, 6) is -0.278. The van der Waals surface area contributed by atoms with Gasteiger partial charge >= 0.3 is 5.97 Å². The Morgan fingerprint density at radius 2 is 1.69 bits per heavy atom. The third-order valence-corrected chi connectivity index (χ3v) is 7.87. The molecule has 0 spiro atoms. The number of methoxy groups -OCH3 is 1. The number of thiophene rings is 1. The van der Waals surface area contributed by atoms with Gasteiger partial charge in [-0.25, -0.2) is 4.79 Å². The molecule has 2 fully saturated rings. The standard InChI is InChI=1S/C26H32N2O5S.C2H6/c1-18-8-10-20(11-9-18)25(30)28(17-23(29)27-12-14-33-15-13-27)21-16-22(19-6-4-3-5-7-19)34-24(21)26(31)32-2;1-2/h3-7,16,18,20H,8-15,17H2,1-2H3;1-2H3. The van der Waals surface area contributed by atoms with Crippen LogP contribution >= 0.6 is 11.3 Å². The molecule has 0 atom stereocenters. The fraction of sp³-hybridized carbons (Fsp3) is 0.536. The lowest BCUT2D eigenvalue weighted by Crippen LogP contribution is -2.49. The van der Waals surface area contributed by atoms with E-state index in [0.717, 1.165) is 36.1 Å². The largest absolute Gasteiger partial charge is 0.465 e. The summed E-state index contributed by atoms with van der Waals surface area (Å²) in [6.07, 6.45) is 3.58. The molecule has 196 valence electrons.